The molecule has 0 amide bonds. The molecule has 364 valence electrons. The summed E-state index contributed by atoms with van der Waals surface area (Å²) in [7, 11) is 0. The molecule has 0 aliphatic carbocycles. The van der Waals surface area contributed by atoms with Crippen LogP contribution in [0, 0.1) is 12.9 Å². The molecule has 0 bridgehead atoms. The molecule has 0 atom stereocenters. The van der Waals surface area contributed by atoms with Gasteiger partial charge in [0.15, 0.2) is 0 Å². The number of nitrogens with zero attached hydrogens (tertiary/aromatic N) is 3. The first-order valence-corrected chi connectivity index (χ1v) is 24.3. The first-order chi connectivity index (χ1) is 35.4. The topological polar surface area (TPSA) is 50.9 Å². The summed E-state index contributed by atoms with van der Waals surface area (Å²) in [5, 5.41) is 12.6. The fraction of sp³-hybridized carbons (Fsp3) is 0.273. The summed E-state index contributed by atoms with van der Waals surface area (Å²) in [5.74, 6) is -2.44. The van der Waals surface area contributed by atoms with Gasteiger partial charge >= 0.3 is 0 Å². The minimum absolute atomic E-state index is 0. The molecule has 0 spiro atoms. The van der Waals surface area contributed by atoms with Gasteiger partial charge in [-0.15, -0.1) is 23.8 Å². The van der Waals surface area contributed by atoms with E-state index in [0.717, 1.165) is 55.6 Å². The zero-order chi connectivity index (χ0) is 55.1. The van der Waals surface area contributed by atoms with Gasteiger partial charge in [0.25, 0.3) is 0 Å². The van der Waals surface area contributed by atoms with Crippen LogP contribution in [0.3, 0.4) is 0 Å². The number of aromatic nitrogens is 3. The summed E-state index contributed by atoms with van der Waals surface area (Å²) in [6.45, 7) is 21.0. The van der Waals surface area contributed by atoms with E-state index in [0.29, 0.717) is 56.1 Å². The van der Waals surface area contributed by atoms with Gasteiger partial charge < -0.3 is 5.11 Å². The van der Waals surface area contributed by atoms with Gasteiger partial charge in [0.1, 0.15) is 11.6 Å². The van der Waals surface area contributed by atoms with Gasteiger partial charge in [-0.05, 0) is 121 Å². The predicted octanol–water partition coefficient (Wildman–Crippen LogP) is 18.2. The second-order valence-corrected chi connectivity index (χ2v) is 21.4. The third-order valence-electron chi connectivity index (χ3n) is 13.5. The Kier molecular flexibility index (Phi) is 12.3. The van der Waals surface area contributed by atoms with Crippen molar-refractivity contribution in [3.63, 3.8) is 0 Å². The Morgan fingerprint density at radius 2 is 1.24 bits per heavy atom. The summed E-state index contributed by atoms with van der Waals surface area (Å²) in [6.07, 6.45) is 1.81. The molecule has 0 saturated heterocycles. The summed E-state index contributed by atoms with van der Waals surface area (Å²) >= 11 is 0. The molecule has 9 aromatic rings. The number of aromatic hydroxyl groups is 1. The maximum atomic E-state index is 12.6. The van der Waals surface area contributed by atoms with Crippen molar-refractivity contribution < 1.29 is 34.4 Å². The average Bonchev–Trinajstić information content (AvgIpc) is 3.74. The molecule has 0 aliphatic heterocycles. The number of benzene rings is 7. The molecule has 2 heterocycles. The Labute approximate surface area is 446 Å². The van der Waals surface area contributed by atoms with Crippen molar-refractivity contribution in [2.75, 3.05) is 0 Å². The molecule has 7 aromatic carbocycles. The fourth-order valence-electron chi connectivity index (χ4n) is 9.54. The molecular formula is C66H68N3OPt-. The van der Waals surface area contributed by atoms with Crippen LogP contribution in [-0.4, -0.2) is 19.6 Å². The van der Waals surface area contributed by atoms with Crippen LogP contribution in [0.5, 0.6) is 5.75 Å². The summed E-state index contributed by atoms with van der Waals surface area (Å²) in [4.78, 5) is 10.4. The fourth-order valence-corrected chi connectivity index (χ4v) is 9.54. The van der Waals surface area contributed by atoms with Crippen molar-refractivity contribution in [1.29, 1.82) is 0 Å². The Morgan fingerprint density at radius 1 is 0.592 bits per heavy atom. The molecule has 5 heteroatoms. The number of fused-ring (bicyclic) bond motifs is 1. The van der Waals surface area contributed by atoms with Crippen molar-refractivity contribution in [2.45, 2.75) is 118 Å². The first kappa shape index (κ1) is 43.4. The molecule has 0 saturated carbocycles. The number of pyridine rings is 1. The predicted molar refractivity (Wildman–Crippen MR) is 296 cm³/mol. The minimum atomic E-state index is -2.65. The van der Waals surface area contributed by atoms with Crippen LogP contribution in [0.15, 0.2) is 152 Å². The van der Waals surface area contributed by atoms with Crippen LogP contribution in [0.25, 0.3) is 83.9 Å². The molecule has 71 heavy (non-hydrogen) atoms. The minimum Gasteiger partial charge on any atom is -0.507 e. The molecule has 1 N–H and O–H groups in total. The van der Waals surface area contributed by atoms with Crippen LogP contribution in [0.1, 0.15) is 142 Å². The third kappa shape index (κ3) is 10.1. The molecule has 4 nitrogen and oxygen atoms in total. The van der Waals surface area contributed by atoms with E-state index >= 15 is 0 Å². The van der Waals surface area contributed by atoms with Crippen molar-refractivity contribution in [3.8, 4) is 78.6 Å². The van der Waals surface area contributed by atoms with Gasteiger partial charge in [-0.3, -0.25) is 9.55 Å². The Bertz CT molecular complexity index is 3630. The number of phenolic OH excluding ortho intramolecular Hbond substituents is 1. The second-order valence-electron chi connectivity index (χ2n) is 21.4. The zero-order valence-electron chi connectivity index (χ0n) is 49.0. The number of hydrogen-bond donors (Lipinski definition) is 1. The number of rotatable bonds is 10. The van der Waals surface area contributed by atoms with E-state index in [1.54, 1.807) is 6.07 Å². The van der Waals surface area contributed by atoms with E-state index in [9.17, 15) is 12.0 Å². The summed E-state index contributed by atoms with van der Waals surface area (Å²) < 4.78 is 56.6. The van der Waals surface area contributed by atoms with Crippen molar-refractivity contribution in [3.05, 3.63) is 191 Å². The molecule has 9 rings (SSSR count). The molecule has 0 unspecified atom stereocenters. The maximum Gasteiger partial charge on any atom is 0.148 e. The van der Waals surface area contributed by atoms with Crippen LogP contribution in [-0.2, 0) is 31.9 Å². The third-order valence-corrected chi connectivity index (χ3v) is 13.5. The number of para-hydroxylation sites is 1. The molecular weight excluding hydrogens is 1050 g/mol. The van der Waals surface area contributed by atoms with Gasteiger partial charge in [-0.2, -0.15) is 0 Å². The Balaban J connectivity index is 0.00000784. The van der Waals surface area contributed by atoms with E-state index in [2.05, 4.69) is 84.0 Å². The SMILES string of the molecule is [2H]C([2H])([2H])c1cc(-c2c(C([2H])(C)C)cccc2C([2H])(C)C)ccc1-n1c(-c2cc(C(C)(C)C)cc(C(C)(C)C)c2O)nc2c(-c3[c-]c(-c4cc(-c5ccc(C([2H])(C)C)cc5)ccn4)cc(-c4ccccc4)c3)cccc21.[Pt]. The average molecular weight is 1120 g/mol. The monoisotopic (exact) mass is 1120 g/mol. The largest absolute Gasteiger partial charge is 0.507 e. The number of imidazole rings is 1. The summed E-state index contributed by atoms with van der Waals surface area (Å²) in [5.41, 5.74) is 13.4. The van der Waals surface area contributed by atoms with Crippen LogP contribution >= 0.6 is 0 Å². The number of hydrogen-bond acceptors (Lipinski definition) is 3. The number of phenols is 1. The van der Waals surface area contributed by atoms with Gasteiger partial charge in [0.05, 0.1) is 22.3 Å². The number of aryl methyl sites for hydroxylation is 1. The van der Waals surface area contributed by atoms with Crippen molar-refractivity contribution >= 4 is 11.0 Å². The van der Waals surface area contributed by atoms with Gasteiger partial charge in [0.2, 0.25) is 0 Å². The van der Waals surface area contributed by atoms with E-state index in [-0.39, 0.29) is 37.8 Å². The molecule has 0 fully saturated rings. The summed E-state index contributed by atoms with van der Waals surface area (Å²) in [6, 6.07) is 51.3. The quantitative estimate of drug-likeness (QED) is 0.139. The Hall–Kier alpha value is -6.35. The standard InChI is InChI=1S/C66H68N3O.Pt/c1-40(2)44-25-27-46(28-26-44)47-31-32-67-58(37-47)51-35-49(45-19-15-14-16-20-45)34-50(36-51)55-23-18-24-60-62(55)68-64(56-38-52(65(8,9)10)39-57(63(56)70)66(11,12)13)69(60)59-30-29-48(33-43(59)7)61-53(41(3)4)21-17-22-54(61)42(5)6;/h14-35,37-42,70H,1-13H3;/q-1;/i7D3,40D,41D,42D;. The normalized spacial score (nSPS) is 13.9. The van der Waals surface area contributed by atoms with E-state index in [1.807, 2.05) is 155 Å². The van der Waals surface area contributed by atoms with Gasteiger partial charge in [0, 0.05) is 46.7 Å². The van der Waals surface area contributed by atoms with Crippen LogP contribution in [0.4, 0.5) is 0 Å². The molecule has 0 radical (unpaired) electrons. The zero-order valence-corrected chi connectivity index (χ0v) is 45.3. The smallest absolute Gasteiger partial charge is 0.148 e. The van der Waals surface area contributed by atoms with Crippen molar-refractivity contribution in [1.82, 2.24) is 14.5 Å². The van der Waals surface area contributed by atoms with Gasteiger partial charge in [-0.1, -0.05) is 203 Å². The van der Waals surface area contributed by atoms with Crippen LogP contribution in [0.2, 0.25) is 0 Å². The Morgan fingerprint density at radius 3 is 1.87 bits per heavy atom. The van der Waals surface area contributed by atoms with E-state index < -0.39 is 29.9 Å². The van der Waals surface area contributed by atoms with Gasteiger partial charge in [-0.25, -0.2) is 4.98 Å². The van der Waals surface area contributed by atoms with E-state index in [4.69, 9.17) is 11.3 Å². The maximum absolute atomic E-state index is 12.6. The first-order valence-electron chi connectivity index (χ1n) is 27.3. The van der Waals surface area contributed by atoms with E-state index in [1.165, 1.54) is 0 Å². The second kappa shape index (κ2) is 20.0. The van der Waals surface area contributed by atoms with Crippen LogP contribution < -0.4 is 0 Å². The van der Waals surface area contributed by atoms with Crippen molar-refractivity contribution in [2.24, 2.45) is 0 Å². The molecule has 0 aliphatic rings. The molecule has 2 aromatic heterocycles.